The average molecular weight is 444 g/mol. The summed E-state index contributed by atoms with van der Waals surface area (Å²) >= 11 is 5.97. The summed E-state index contributed by atoms with van der Waals surface area (Å²) in [7, 11) is 0. The minimum Gasteiger partial charge on any atom is -0.339 e. The highest BCUT2D eigenvalue weighted by Gasteiger charge is 2.19. The summed E-state index contributed by atoms with van der Waals surface area (Å²) < 4.78 is 27.4. The minimum absolute atomic E-state index is 0.150. The van der Waals surface area contributed by atoms with Crippen molar-refractivity contribution in [3.63, 3.8) is 0 Å². The second kappa shape index (κ2) is 9.57. The fourth-order valence-electron chi connectivity index (χ4n) is 3.10. The first kappa shape index (κ1) is 22.2. The molecule has 0 aliphatic heterocycles. The molecule has 0 radical (unpaired) electrons. The Bertz CT molecular complexity index is 1070. The van der Waals surface area contributed by atoms with E-state index >= 15 is 0 Å². The Morgan fingerprint density at radius 2 is 1.39 bits per heavy atom. The van der Waals surface area contributed by atoms with E-state index in [1.165, 1.54) is 0 Å². The Morgan fingerprint density at radius 1 is 0.871 bits per heavy atom. The molecule has 0 atom stereocenters. The van der Waals surface area contributed by atoms with Crippen molar-refractivity contribution in [1.29, 1.82) is 0 Å². The molecule has 8 heteroatoms. The smallest absolute Gasteiger partial charge is 0.326 e. The number of amides is 3. The molecule has 0 unspecified atom stereocenters. The predicted molar refractivity (Wildman–Crippen MR) is 118 cm³/mol. The molecule has 160 valence electrons. The maximum Gasteiger partial charge on any atom is 0.326 e. The van der Waals surface area contributed by atoms with Crippen LogP contribution in [0.3, 0.4) is 0 Å². The Labute approximate surface area is 183 Å². The average Bonchev–Trinajstić information content (AvgIpc) is 2.70. The third kappa shape index (κ3) is 5.38. The Balaban J connectivity index is 1.70. The summed E-state index contributed by atoms with van der Waals surface area (Å²) in [5.74, 6) is -3.27. The normalized spacial score (nSPS) is 10.6. The van der Waals surface area contributed by atoms with E-state index in [9.17, 15) is 18.4 Å². The molecule has 0 aromatic heterocycles. The molecule has 0 saturated carbocycles. The molecular formula is C23H20ClF2N3O2. The van der Waals surface area contributed by atoms with Crippen molar-refractivity contribution in [2.45, 2.75) is 19.9 Å². The second-order valence-electron chi connectivity index (χ2n) is 6.99. The number of halogens is 3. The topological polar surface area (TPSA) is 61.4 Å². The number of hydrogen-bond acceptors (Lipinski definition) is 3. The molecule has 0 fully saturated rings. The van der Waals surface area contributed by atoms with Crippen molar-refractivity contribution in [2.24, 2.45) is 0 Å². The van der Waals surface area contributed by atoms with Gasteiger partial charge in [0, 0.05) is 28.1 Å². The van der Waals surface area contributed by atoms with Crippen LogP contribution in [0, 0.1) is 11.6 Å². The predicted octanol–water partition coefficient (Wildman–Crippen LogP) is 6.13. The first-order valence-electron chi connectivity index (χ1n) is 9.47. The first-order valence-corrected chi connectivity index (χ1v) is 9.85. The zero-order valence-corrected chi connectivity index (χ0v) is 17.6. The summed E-state index contributed by atoms with van der Waals surface area (Å²) in [6.07, 6.45) is 0. The lowest BCUT2D eigenvalue weighted by molar-refractivity contribution is 0.0959. The Kier molecular flexibility index (Phi) is 6.87. The van der Waals surface area contributed by atoms with Gasteiger partial charge < -0.3 is 10.2 Å². The third-order valence-electron chi connectivity index (χ3n) is 4.44. The van der Waals surface area contributed by atoms with E-state index in [-0.39, 0.29) is 6.04 Å². The van der Waals surface area contributed by atoms with Crippen LogP contribution in [0.15, 0.2) is 66.7 Å². The van der Waals surface area contributed by atoms with Crippen LogP contribution in [-0.4, -0.2) is 18.0 Å². The SMILES string of the molecule is CC(C)N(c1ccc(Cl)cc1)c1ccc(NC(=O)NC(=O)c2c(F)cccc2F)cc1. The maximum atomic E-state index is 13.7. The van der Waals surface area contributed by atoms with Crippen LogP contribution in [0.1, 0.15) is 24.2 Å². The molecule has 0 bridgehead atoms. The second-order valence-corrected chi connectivity index (χ2v) is 7.43. The number of urea groups is 1. The number of rotatable bonds is 5. The molecule has 31 heavy (non-hydrogen) atoms. The van der Waals surface area contributed by atoms with E-state index < -0.39 is 29.1 Å². The van der Waals surface area contributed by atoms with Crippen LogP contribution >= 0.6 is 11.6 Å². The number of carbonyl (C=O) groups is 2. The monoisotopic (exact) mass is 443 g/mol. The van der Waals surface area contributed by atoms with Gasteiger partial charge in [0.15, 0.2) is 0 Å². The fourth-order valence-corrected chi connectivity index (χ4v) is 3.22. The van der Waals surface area contributed by atoms with Crippen molar-refractivity contribution >= 4 is 40.6 Å². The summed E-state index contributed by atoms with van der Waals surface area (Å²) in [4.78, 5) is 26.2. The van der Waals surface area contributed by atoms with E-state index in [0.717, 1.165) is 29.6 Å². The molecule has 0 aliphatic carbocycles. The zero-order valence-electron chi connectivity index (χ0n) is 16.8. The fraction of sp³-hybridized carbons (Fsp3) is 0.130. The lowest BCUT2D eigenvalue weighted by Crippen LogP contribution is -2.35. The van der Waals surface area contributed by atoms with Gasteiger partial charge in [0.25, 0.3) is 5.91 Å². The van der Waals surface area contributed by atoms with Gasteiger partial charge in [0.1, 0.15) is 17.2 Å². The van der Waals surface area contributed by atoms with Crippen molar-refractivity contribution in [3.8, 4) is 0 Å². The molecule has 3 aromatic rings. The Hall–Kier alpha value is -3.45. The lowest BCUT2D eigenvalue weighted by Gasteiger charge is -2.29. The number of carbonyl (C=O) groups excluding carboxylic acids is 2. The van der Waals surface area contributed by atoms with Crippen molar-refractivity contribution in [2.75, 3.05) is 10.2 Å². The van der Waals surface area contributed by atoms with Crippen molar-refractivity contribution in [1.82, 2.24) is 5.32 Å². The highest BCUT2D eigenvalue weighted by molar-refractivity contribution is 6.30. The first-order chi connectivity index (χ1) is 14.8. The Morgan fingerprint density at radius 3 is 1.90 bits per heavy atom. The summed E-state index contributed by atoms with van der Waals surface area (Å²) in [6.45, 7) is 4.09. The van der Waals surface area contributed by atoms with E-state index in [0.29, 0.717) is 10.7 Å². The molecule has 0 aliphatic rings. The molecule has 5 nitrogen and oxygen atoms in total. The summed E-state index contributed by atoms with van der Waals surface area (Å²) in [5.41, 5.74) is 1.43. The van der Waals surface area contributed by atoms with E-state index in [4.69, 9.17) is 11.6 Å². The van der Waals surface area contributed by atoms with E-state index in [2.05, 4.69) is 10.2 Å². The van der Waals surface area contributed by atoms with Gasteiger partial charge in [-0.3, -0.25) is 10.1 Å². The van der Waals surface area contributed by atoms with Crippen LogP contribution in [0.5, 0.6) is 0 Å². The molecule has 3 aromatic carbocycles. The van der Waals surface area contributed by atoms with Crippen LogP contribution in [0.25, 0.3) is 0 Å². The largest absolute Gasteiger partial charge is 0.339 e. The highest BCUT2D eigenvalue weighted by Crippen LogP contribution is 2.29. The molecule has 0 spiro atoms. The molecule has 0 saturated heterocycles. The maximum absolute atomic E-state index is 13.7. The van der Waals surface area contributed by atoms with Gasteiger partial charge in [-0.2, -0.15) is 0 Å². The van der Waals surface area contributed by atoms with Gasteiger partial charge >= 0.3 is 6.03 Å². The number of imide groups is 1. The van der Waals surface area contributed by atoms with Crippen LogP contribution in [-0.2, 0) is 0 Å². The minimum atomic E-state index is -1.17. The van der Waals surface area contributed by atoms with Crippen molar-refractivity contribution in [3.05, 3.63) is 89.0 Å². The molecule has 3 amide bonds. The number of nitrogens with one attached hydrogen (secondary N) is 2. The molecule has 0 heterocycles. The molecule has 2 N–H and O–H groups in total. The highest BCUT2D eigenvalue weighted by atomic mass is 35.5. The lowest BCUT2D eigenvalue weighted by atomic mass is 10.2. The van der Waals surface area contributed by atoms with Gasteiger partial charge in [-0.1, -0.05) is 17.7 Å². The third-order valence-corrected chi connectivity index (χ3v) is 4.69. The zero-order chi connectivity index (χ0) is 22.5. The van der Waals surface area contributed by atoms with Gasteiger partial charge in [-0.25, -0.2) is 13.6 Å². The van der Waals surface area contributed by atoms with E-state index in [1.54, 1.807) is 12.1 Å². The van der Waals surface area contributed by atoms with Gasteiger partial charge in [-0.15, -0.1) is 0 Å². The van der Waals surface area contributed by atoms with Crippen LogP contribution in [0.4, 0.5) is 30.6 Å². The quantitative estimate of drug-likeness (QED) is 0.499. The number of benzene rings is 3. The standard InChI is InChI=1S/C23H20ClF2N3O2/c1-14(2)29(17-10-6-15(24)7-11-17)18-12-8-16(9-13-18)27-23(31)28-22(30)21-19(25)4-3-5-20(21)26/h3-14H,1-2H3,(H2,27,28,30,31). The molecule has 3 rings (SSSR count). The number of nitrogens with zero attached hydrogens (tertiary/aromatic N) is 1. The van der Waals surface area contributed by atoms with Gasteiger partial charge in [0.05, 0.1) is 0 Å². The number of anilines is 3. The van der Waals surface area contributed by atoms with Crippen LogP contribution in [0.2, 0.25) is 5.02 Å². The molecular weight excluding hydrogens is 424 g/mol. The van der Waals surface area contributed by atoms with Crippen LogP contribution < -0.4 is 15.5 Å². The van der Waals surface area contributed by atoms with E-state index in [1.807, 2.05) is 55.6 Å². The summed E-state index contributed by atoms with van der Waals surface area (Å²) in [5, 5.41) is 5.04. The summed E-state index contributed by atoms with van der Waals surface area (Å²) in [6, 6.07) is 16.6. The van der Waals surface area contributed by atoms with Gasteiger partial charge in [-0.05, 0) is 74.5 Å². The number of hydrogen-bond donors (Lipinski definition) is 2. The van der Waals surface area contributed by atoms with Gasteiger partial charge in [0.2, 0.25) is 0 Å². The van der Waals surface area contributed by atoms with Crippen molar-refractivity contribution < 1.29 is 18.4 Å².